The Kier molecular flexibility index (Phi) is 8.18. The molecule has 1 saturated carbocycles. The first kappa shape index (κ1) is 25.9. The van der Waals surface area contributed by atoms with Crippen molar-refractivity contribution in [1.82, 2.24) is 0 Å². The van der Waals surface area contributed by atoms with E-state index in [4.69, 9.17) is 11.6 Å². The van der Waals surface area contributed by atoms with E-state index in [0.717, 1.165) is 6.07 Å². The van der Waals surface area contributed by atoms with Crippen LogP contribution in [0.5, 0.6) is 0 Å². The van der Waals surface area contributed by atoms with Gasteiger partial charge in [0.25, 0.3) is 0 Å². The highest BCUT2D eigenvalue weighted by atomic mass is 35.5. The Bertz CT molecular complexity index is 1060. The van der Waals surface area contributed by atoms with Crippen molar-refractivity contribution in [3.05, 3.63) is 58.1 Å². The van der Waals surface area contributed by atoms with E-state index in [1.807, 2.05) is 4.90 Å². The first-order valence-corrected chi connectivity index (χ1v) is 11.9. The lowest BCUT2D eigenvalue weighted by Gasteiger charge is -2.31. The van der Waals surface area contributed by atoms with Crippen LogP contribution >= 0.6 is 11.6 Å². The number of amides is 1. The van der Waals surface area contributed by atoms with E-state index >= 15 is 4.39 Å². The molecule has 1 aliphatic rings. The summed E-state index contributed by atoms with van der Waals surface area (Å²) in [7, 11) is 0. The average molecular weight is 493 g/mol. The molecular formula is C26H31ClF2N2O3. The number of carboxylic acids is 1. The van der Waals surface area contributed by atoms with Gasteiger partial charge in [-0.3, -0.25) is 9.59 Å². The Morgan fingerprint density at radius 2 is 1.74 bits per heavy atom. The van der Waals surface area contributed by atoms with Crippen LogP contribution in [0.3, 0.4) is 0 Å². The van der Waals surface area contributed by atoms with Gasteiger partial charge in [-0.15, -0.1) is 0 Å². The maximum absolute atomic E-state index is 15.2. The van der Waals surface area contributed by atoms with Crippen LogP contribution in [0.4, 0.5) is 20.2 Å². The lowest BCUT2D eigenvalue weighted by molar-refractivity contribution is -0.138. The quantitative estimate of drug-likeness (QED) is 0.420. The highest BCUT2D eigenvalue weighted by Gasteiger charge is 2.45. The van der Waals surface area contributed by atoms with Gasteiger partial charge in [0.1, 0.15) is 11.6 Å². The number of aliphatic carboxylic acids is 1. The van der Waals surface area contributed by atoms with Crippen LogP contribution in [0.15, 0.2) is 30.3 Å². The zero-order valence-corrected chi connectivity index (χ0v) is 20.6. The second kappa shape index (κ2) is 10.7. The fourth-order valence-electron chi connectivity index (χ4n) is 4.22. The number of hydrogen-bond acceptors (Lipinski definition) is 3. The van der Waals surface area contributed by atoms with Crippen molar-refractivity contribution in [2.24, 2.45) is 17.8 Å². The van der Waals surface area contributed by atoms with Gasteiger partial charge in [-0.2, -0.15) is 0 Å². The third-order valence-corrected chi connectivity index (χ3v) is 6.01. The smallest absolute Gasteiger partial charge is 0.307 e. The fraction of sp³-hybridized carbons (Fsp3) is 0.462. The molecule has 0 aromatic heterocycles. The normalized spacial score (nSPS) is 17.2. The van der Waals surface area contributed by atoms with Gasteiger partial charge in [-0.1, -0.05) is 45.4 Å². The van der Waals surface area contributed by atoms with Crippen molar-refractivity contribution < 1.29 is 23.5 Å². The summed E-state index contributed by atoms with van der Waals surface area (Å²) < 4.78 is 29.4. The number of nitrogens with one attached hydrogen (secondary N) is 1. The van der Waals surface area contributed by atoms with Crippen LogP contribution < -0.4 is 10.2 Å². The highest BCUT2D eigenvalue weighted by Crippen LogP contribution is 2.50. The minimum absolute atomic E-state index is 0.195. The van der Waals surface area contributed by atoms with Gasteiger partial charge in [-0.25, -0.2) is 8.78 Å². The zero-order valence-electron chi connectivity index (χ0n) is 19.9. The second-order valence-corrected chi connectivity index (χ2v) is 10.3. The third-order valence-electron chi connectivity index (χ3n) is 5.77. The number of halogens is 3. The van der Waals surface area contributed by atoms with Gasteiger partial charge in [0, 0.05) is 24.0 Å². The van der Waals surface area contributed by atoms with E-state index in [1.165, 1.54) is 18.2 Å². The molecule has 2 atom stereocenters. The molecule has 3 rings (SSSR count). The fourth-order valence-corrected chi connectivity index (χ4v) is 4.38. The number of nitrogens with zero attached hydrogens (tertiary/aromatic N) is 1. The molecule has 2 N–H and O–H groups in total. The number of benzene rings is 2. The second-order valence-electron chi connectivity index (χ2n) is 9.83. The van der Waals surface area contributed by atoms with E-state index in [9.17, 15) is 19.1 Å². The molecular weight excluding hydrogens is 462 g/mol. The summed E-state index contributed by atoms with van der Waals surface area (Å²) in [5, 5.41) is 12.4. The summed E-state index contributed by atoms with van der Waals surface area (Å²) in [4.78, 5) is 26.3. The van der Waals surface area contributed by atoms with Crippen LogP contribution in [0.25, 0.3) is 0 Å². The molecule has 5 nitrogen and oxygen atoms in total. The van der Waals surface area contributed by atoms with Gasteiger partial charge in [0.05, 0.1) is 23.7 Å². The summed E-state index contributed by atoms with van der Waals surface area (Å²) in [5.74, 6) is -2.97. The third kappa shape index (κ3) is 6.47. The topological polar surface area (TPSA) is 69.6 Å². The van der Waals surface area contributed by atoms with Crippen LogP contribution in [0.2, 0.25) is 5.02 Å². The predicted molar refractivity (Wildman–Crippen MR) is 131 cm³/mol. The first-order valence-electron chi connectivity index (χ1n) is 11.5. The van der Waals surface area contributed by atoms with Crippen molar-refractivity contribution in [3.63, 3.8) is 0 Å². The van der Waals surface area contributed by atoms with Crippen molar-refractivity contribution >= 4 is 34.9 Å². The molecule has 0 bridgehead atoms. The predicted octanol–water partition coefficient (Wildman–Crippen LogP) is 6.11. The maximum Gasteiger partial charge on any atom is 0.307 e. The standard InChI is InChI=1S/C26H31ClF2N2O3/c1-14(2)12-31(13-15(3)4)24-11-22(29)19(18-9-20(18)26(33)34)10-23(24)30-25(32)7-16-5-6-17(27)8-21(16)28/h5-6,8,10-11,14-15,18,20H,7,9,12-13H2,1-4H3,(H,30,32)(H,33,34)/t18-,20-/m0/s1. The molecule has 0 unspecified atom stereocenters. The molecule has 0 radical (unpaired) electrons. The molecule has 184 valence electrons. The van der Waals surface area contributed by atoms with Gasteiger partial charge in [0.15, 0.2) is 0 Å². The van der Waals surface area contributed by atoms with E-state index in [2.05, 4.69) is 33.0 Å². The monoisotopic (exact) mass is 492 g/mol. The first-order chi connectivity index (χ1) is 16.0. The average Bonchev–Trinajstić information content (AvgIpc) is 3.51. The Hall–Kier alpha value is -2.67. The molecule has 1 amide bonds. The summed E-state index contributed by atoms with van der Waals surface area (Å²) in [5.41, 5.74) is 1.40. The number of anilines is 2. The van der Waals surface area contributed by atoms with Crippen molar-refractivity contribution in [2.45, 2.75) is 46.5 Å². The number of carbonyl (C=O) groups is 2. The summed E-state index contributed by atoms with van der Waals surface area (Å²) in [6, 6.07) is 7.05. The zero-order chi connectivity index (χ0) is 25.2. The number of carboxylic acid groups (broad SMARTS) is 1. The van der Waals surface area contributed by atoms with Gasteiger partial charge < -0.3 is 15.3 Å². The molecule has 0 heterocycles. The molecule has 0 spiro atoms. The molecule has 2 aromatic carbocycles. The molecule has 0 saturated heterocycles. The van der Waals surface area contributed by atoms with E-state index in [-0.39, 0.29) is 34.4 Å². The highest BCUT2D eigenvalue weighted by molar-refractivity contribution is 6.30. The lowest BCUT2D eigenvalue weighted by atomic mass is 10.0. The minimum atomic E-state index is -0.960. The lowest BCUT2D eigenvalue weighted by Crippen LogP contribution is -2.32. The molecule has 0 aliphatic heterocycles. The van der Waals surface area contributed by atoms with Gasteiger partial charge in [0.2, 0.25) is 5.91 Å². The van der Waals surface area contributed by atoms with Gasteiger partial charge >= 0.3 is 5.97 Å². The minimum Gasteiger partial charge on any atom is -0.481 e. The Labute approximate surface area is 204 Å². The molecule has 8 heteroatoms. The Morgan fingerprint density at radius 1 is 1.09 bits per heavy atom. The molecule has 1 aliphatic carbocycles. The van der Waals surface area contributed by atoms with Crippen LogP contribution in [-0.4, -0.2) is 30.1 Å². The number of hydrogen-bond donors (Lipinski definition) is 2. The number of rotatable bonds is 10. The van der Waals surface area contributed by atoms with Crippen LogP contribution in [0, 0.1) is 29.4 Å². The van der Waals surface area contributed by atoms with Crippen LogP contribution in [-0.2, 0) is 16.0 Å². The molecule has 2 aromatic rings. The van der Waals surface area contributed by atoms with Crippen molar-refractivity contribution in [1.29, 1.82) is 0 Å². The van der Waals surface area contributed by atoms with E-state index < -0.39 is 35.3 Å². The van der Waals surface area contributed by atoms with E-state index in [1.54, 1.807) is 6.07 Å². The maximum atomic E-state index is 15.2. The van der Waals surface area contributed by atoms with Crippen LogP contribution in [0.1, 0.15) is 51.2 Å². The summed E-state index contributed by atoms with van der Waals surface area (Å²) >= 11 is 5.80. The molecule has 1 fully saturated rings. The van der Waals surface area contributed by atoms with Crippen molar-refractivity contribution in [3.8, 4) is 0 Å². The van der Waals surface area contributed by atoms with Crippen molar-refractivity contribution in [2.75, 3.05) is 23.3 Å². The Balaban J connectivity index is 1.96. The molecule has 34 heavy (non-hydrogen) atoms. The number of carbonyl (C=O) groups excluding carboxylic acids is 1. The van der Waals surface area contributed by atoms with Gasteiger partial charge in [-0.05, 0) is 53.6 Å². The summed E-state index contributed by atoms with van der Waals surface area (Å²) in [6.07, 6.45) is 0.140. The Morgan fingerprint density at radius 3 is 2.26 bits per heavy atom. The largest absolute Gasteiger partial charge is 0.481 e. The summed E-state index contributed by atoms with van der Waals surface area (Å²) in [6.45, 7) is 9.52. The van der Waals surface area contributed by atoms with E-state index in [0.29, 0.717) is 30.9 Å². The SMILES string of the molecule is CC(C)CN(CC(C)C)c1cc(F)c([C@@H]2C[C@@H]2C(=O)O)cc1NC(=O)Cc1ccc(Cl)cc1F.